The van der Waals surface area contributed by atoms with Gasteiger partial charge in [0.15, 0.2) is 0 Å². The molecule has 0 radical (unpaired) electrons. The highest BCUT2D eigenvalue weighted by Gasteiger charge is 2.58. The minimum absolute atomic E-state index is 0.119. The molecule has 0 saturated carbocycles. The third-order valence-corrected chi connectivity index (χ3v) is 9.73. The molecule has 4 aromatic rings. The molecule has 4 heterocycles. The zero-order valence-corrected chi connectivity index (χ0v) is 23.4. The van der Waals surface area contributed by atoms with Gasteiger partial charge in [0.1, 0.15) is 17.6 Å². The van der Waals surface area contributed by atoms with Gasteiger partial charge in [-0.2, -0.15) is 26.3 Å². The second kappa shape index (κ2) is 10.7. The van der Waals surface area contributed by atoms with Gasteiger partial charge in [0.25, 0.3) is 0 Å². The van der Waals surface area contributed by atoms with Crippen molar-refractivity contribution in [3.8, 4) is 0 Å². The Bertz CT molecular complexity index is 1850. The van der Waals surface area contributed by atoms with Gasteiger partial charge in [-0.15, -0.1) is 0 Å². The number of thioether (sulfide) groups is 1. The maximum Gasteiger partial charge on any atom is 0.418 e. The minimum Gasteiger partial charge on any atom is -0.469 e. The number of hydrogen-bond donors (Lipinski definition) is 1. The SMILES string of the molecule is O=C(Cn1c2c(sc1=O)C(c1ccco1)C1C(=O)N(c3ccccc3C(F)(F)F)C(=O)C1S2)Nc1cccc(C(F)(F)F)c1. The molecule has 1 saturated heterocycles. The van der Waals surface area contributed by atoms with Gasteiger partial charge < -0.3 is 9.73 Å². The van der Waals surface area contributed by atoms with Crippen LogP contribution >= 0.6 is 23.1 Å². The molecule has 2 aromatic carbocycles. The van der Waals surface area contributed by atoms with Gasteiger partial charge in [-0.05, 0) is 42.5 Å². The number of anilines is 2. The molecule has 228 valence electrons. The number of nitrogens with zero attached hydrogens (tertiary/aromatic N) is 2. The van der Waals surface area contributed by atoms with Gasteiger partial charge in [0, 0.05) is 5.69 Å². The molecule has 8 nitrogen and oxygen atoms in total. The summed E-state index contributed by atoms with van der Waals surface area (Å²) in [6, 6.07) is 11.1. The van der Waals surface area contributed by atoms with Crippen molar-refractivity contribution in [2.75, 3.05) is 10.2 Å². The lowest BCUT2D eigenvalue weighted by atomic mass is 9.86. The second-order valence-electron chi connectivity index (χ2n) is 9.83. The fraction of sp³-hybridized carbons (Fsp3) is 0.214. The number of carbonyl (C=O) groups excluding carboxylic acids is 3. The number of alkyl halides is 6. The summed E-state index contributed by atoms with van der Waals surface area (Å²) in [5.41, 5.74) is -2.98. The highest BCUT2D eigenvalue weighted by Crippen LogP contribution is 2.54. The smallest absolute Gasteiger partial charge is 0.418 e. The van der Waals surface area contributed by atoms with E-state index in [9.17, 15) is 45.5 Å². The van der Waals surface area contributed by atoms with Crippen LogP contribution in [0.4, 0.5) is 37.7 Å². The number of halogens is 6. The molecule has 2 aliphatic heterocycles. The number of nitrogens with one attached hydrogen (secondary N) is 1. The van der Waals surface area contributed by atoms with Crippen LogP contribution in [0, 0.1) is 5.92 Å². The summed E-state index contributed by atoms with van der Waals surface area (Å²) >= 11 is 1.43. The van der Waals surface area contributed by atoms with Crippen LogP contribution in [0.25, 0.3) is 0 Å². The van der Waals surface area contributed by atoms with Crippen LogP contribution in [-0.2, 0) is 33.3 Å². The molecular weight excluding hydrogens is 636 g/mol. The van der Waals surface area contributed by atoms with E-state index in [0.717, 1.165) is 52.7 Å². The molecule has 2 aliphatic rings. The van der Waals surface area contributed by atoms with Crippen molar-refractivity contribution >= 4 is 52.2 Å². The summed E-state index contributed by atoms with van der Waals surface area (Å²) in [7, 11) is 0. The Morgan fingerprint density at radius 2 is 1.66 bits per heavy atom. The van der Waals surface area contributed by atoms with E-state index in [1.807, 2.05) is 0 Å². The molecular formula is C28H17F6N3O5S2. The molecule has 44 heavy (non-hydrogen) atoms. The first kappa shape index (κ1) is 29.7. The first-order chi connectivity index (χ1) is 20.8. The van der Waals surface area contributed by atoms with Gasteiger partial charge in [0.2, 0.25) is 17.7 Å². The predicted octanol–water partition coefficient (Wildman–Crippen LogP) is 5.97. The number of carbonyl (C=O) groups is 3. The number of furan rings is 1. The van der Waals surface area contributed by atoms with Crippen molar-refractivity contribution in [2.24, 2.45) is 5.92 Å². The Hall–Kier alpha value is -4.31. The normalized spacial score (nSPS) is 20.0. The number of amides is 3. The first-order valence-corrected chi connectivity index (χ1v) is 14.4. The lowest BCUT2D eigenvalue weighted by Crippen LogP contribution is -2.33. The average molecular weight is 654 g/mol. The summed E-state index contributed by atoms with van der Waals surface area (Å²) in [5, 5.41) is 1.16. The quantitative estimate of drug-likeness (QED) is 0.210. The van der Waals surface area contributed by atoms with E-state index < -0.39 is 75.4 Å². The van der Waals surface area contributed by atoms with E-state index in [1.54, 1.807) is 0 Å². The number of fused-ring (bicyclic) bond motifs is 2. The molecule has 1 N–H and O–H groups in total. The van der Waals surface area contributed by atoms with Crippen LogP contribution in [0.1, 0.15) is 27.7 Å². The molecule has 3 atom stereocenters. The first-order valence-electron chi connectivity index (χ1n) is 12.7. The Kier molecular flexibility index (Phi) is 7.23. The highest BCUT2D eigenvalue weighted by molar-refractivity contribution is 8.00. The maximum atomic E-state index is 13.8. The molecule has 1 fully saturated rings. The van der Waals surface area contributed by atoms with Crippen LogP contribution < -0.4 is 15.1 Å². The van der Waals surface area contributed by atoms with Crippen LogP contribution in [-0.4, -0.2) is 27.5 Å². The fourth-order valence-electron chi connectivity index (χ4n) is 5.29. The van der Waals surface area contributed by atoms with Crippen molar-refractivity contribution < 1.29 is 45.1 Å². The fourth-order valence-corrected chi connectivity index (χ4v) is 8.05. The predicted molar refractivity (Wildman–Crippen MR) is 146 cm³/mol. The van der Waals surface area contributed by atoms with Crippen molar-refractivity contribution in [1.82, 2.24) is 4.57 Å². The number of aromatic nitrogens is 1. The maximum absolute atomic E-state index is 13.8. The number of thiazole rings is 1. The highest BCUT2D eigenvalue weighted by atomic mass is 32.2. The Morgan fingerprint density at radius 3 is 2.34 bits per heavy atom. The summed E-state index contributed by atoms with van der Waals surface area (Å²) < 4.78 is 87.4. The van der Waals surface area contributed by atoms with E-state index in [4.69, 9.17) is 4.42 Å². The number of para-hydroxylation sites is 1. The van der Waals surface area contributed by atoms with E-state index in [-0.39, 0.29) is 21.4 Å². The standard InChI is InChI=1S/C28H17F6N3O5S2/c29-27(30,31)13-5-3-6-14(11-13)35-18(38)12-36-25-22(44-26(36)41)19(17-9-4-10-42-17)20-21(43-25)24(40)37(23(20)39)16-8-2-1-7-15(16)28(32,33)34/h1-11,19-21H,12H2,(H,35,38). The van der Waals surface area contributed by atoms with E-state index in [1.165, 1.54) is 30.5 Å². The van der Waals surface area contributed by atoms with Crippen molar-refractivity contribution in [2.45, 2.75) is 35.1 Å². The van der Waals surface area contributed by atoms with Gasteiger partial charge in [-0.25, -0.2) is 4.90 Å². The number of hydrogen-bond acceptors (Lipinski definition) is 7. The minimum atomic E-state index is -4.87. The van der Waals surface area contributed by atoms with Crippen LogP contribution in [0.15, 0.2) is 81.2 Å². The topological polar surface area (TPSA) is 102 Å². The lowest BCUT2D eigenvalue weighted by molar-refractivity contribution is -0.138. The monoisotopic (exact) mass is 653 g/mol. The molecule has 2 aromatic heterocycles. The van der Waals surface area contributed by atoms with Crippen molar-refractivity contribution in [3.63, 3.8) is 0 Å². The van der Waals surface area contributed by atoms with Gasteiger partial charge in [-0.3, -0.25) is 23.7 Å². The number of rotatable bonds is 5. The average Bonchev–Trinajstić information content (AvgIpc) is 3.65. The molecule has 3 amide bonds. The number of imide groups is 1. The molecule has 0 bridgehead atoms. The Morgan fingerprint density at radius 1 is 0.909 bits per heavy atom. The van der Waals surface area contributed by atoms with Crippen LogP contribution in [0.2, 0.25) is 0 Å². The number of benzene rings is 2. The summed E-state index contributed by atoms with van der Waals surface area (Å²) in [6.45, 7) is -0.654. The van der Waals surface area contributed by atoms with Gasteiger partial charge in [-0.1, -0.05) is 41.3 Å². The van der Waals surface area contributed by atoms with Crippen LogP contribution in [0.5, 0.6) is 0 Å². The third-order valence-electron chi connectivity index (χ3n) is 7.12. The largest absolute Gasteiger partial charge is 0.469 e. The molecule has 0 aliphatic carbocycles. The summed E-state index contributed by atoms with van der Waals surface area (Å²) in [5.74, 6) is -4.81. The molecule has 6 rings (SSSR count). The van der Waals surface area contributed by atoms with Gasteiger partial charge >= 0.3 is 17.2 Å². The molecule has 16 heteroatoms. The molecule has 3 unspecified atom stereocenters. The Balaban J connectivity index is 1.37. The lowest BCUT2D eigenvalue weighted by Gasteiger charge is -2.29. The van der Waals surface area contributed by atoms with Crippen molar-refractivity contribution in [1.29, 1.82) is 0 Å². The summed E-state index contributed by atoms with van der Waals surface area (Å²) in [4.78, 5) is 53.6. The zero-order chi connectivity index (χ0) is 31.6. The van der Waals surface area contributed by atoms with E-state index in [0.29, 0.717) is 16.2 Å². The third kappa shape index (κ3) is 5.11. The zero-order valence-electron chi connectivity index (χ0n) is 21.8. The second-order valence-corrected chi connectivity index (χ2v) is 12.0. The van der Waals surface area contributed by atoms with E-state index in [2.05, 4.69) is 5.32 Å². The molecule has 0 spiro atoms. The van der Waals surface area contributed by atoms with Crippen molar-refractivity contribution in [3.05, 3.63) is 98.4 Å². The Labute approximate surface area is 251 Å². The van der Waals surface area contributed by atoms with E-state index >= 15 is 0 Å². The van der Waals surface area contributed by atoms with Gasteiger partial charge in [0.05, 0.1) is 44.8 Å². The van der Waals surface area contributed by atoms with Crippen LogP contribution in [0.3, 0.4) is 0 Å². The summed E-state index contributed by atoms with van der Waals surface area (Å²) in [6.07, 6.45) is -8.23.